The number of hydrogen-bond donors (Lipinski definition) is 0. The van der Waals surface area contributed by atoms with Crippen molar-refractivity contribution in [1.29, 1.82) is 0 Å². The summed E-state index contributed by atoms with van der Waals surface area (Å²) in [6.07, 6.45) is 10.9. The second kappa shape index (κ2) is 6.43. The van der Waals surface area contributed by atoms with Gasteiger partial charge in [-0.2, -0.15) is 0 Å². The predicted molar refractivity (Wildman–Crippen MR) is 102 cm³/mol. The summed E-state index contributed by atoms with van der Waals surface area (Å²) in [5.74, 6) is 1.90. The van der Waals surface area contributed by atoms with Crippen LogP contribution in [0.15, 0.2) is 72.3 Å². The lowest BCUT2D eigenvalue weighted by atomic mass is 9.75. The van der Waals surface area contributed by atoms with Crippen LogP contribution in [0.1, 0.15) is 47.4 Å². The highest BCUT2D eigenvalue weighted by molar-refractivity contribution is 5.41. The Balaban J connectivity index is 1.82. The van der Waals surface area contributed by atoms with Crippen LogP contribution in [0.5, 0.6) is 0 Å². The van der Waals surface area contributed by atoms with Crippen molar-refractivity contribution in [3.63, 3.8) is 0 Å². The molecule has 0 bridgehead atoms. The van der Waals surface area contributed by atoms with Gasteiger partial charge in [0.25, 0.3) is 0 Å². The molecule has 0 amide bonds. The summed E-state index contributed by atoms with van der Waals surface area (Å²) in [7, 11) is 0. The highest BCUT2D eigenvalue weighted by atomic mass is 14.4. The molecule has 122 valence electrons. The molecule has 1 saturated carbocycles. The lowest BCUT2D eigenvalue weighted by molar-refractivity contribution is 0.551. The minimum Gasteiger partial charge on any atom is -0.0839 e. The molecule has 2 aromatic rings. The normalized spacial score (nSPS) is 22.5. The molecule has 24 heavy (non-hydrogen) atoms. The Morgan fingerprint density at radius 2 is 1.54 bits per heavy atom. The average molecular weight is 314 g/mol. The van der Waals surface area contributed by atoms with E-state index in [0.717, 1.165) is 5.92 Å². The van der Waals surface area contributed by atoms with Crippen molar-refractivity contribution in [1.82, 2.24) is 0 Å². The molecule has 2 atom stereocenters. The van der Waals surface area contributed by atoms with Crippen molar-refractivity contribution in [2.75, 3.05) is 0 Å². The number of rotatable bonds is 3. The van der Waals surface area contributed by atoms with Crippen molar-refractivity contribution in [3.8, 4) is 0 Å². The first-order valence-electron chi connectivity index (χ1n) is 9.22. The molecular weight excluding hydrogens is 288 g/mol. The van der Waals surface area contributed by atoms with E-state index in [-0.39, 0.29) is 0 Å². The maximum absolute atomic E-state index is 2.41. The Morgan fingerprint density at radius 3 is 2.17 bits per heavy atom. The molecular formula is C24H26. The van der Waals surface area contributed by atoms with Crippen molar-refractivity contribution in [2.24, 2.45) is 11.8 Å². The third-order valence-electron chi connectivity index (χ3n) is 5.78. The Labute approximate surface area is 145 Å². The van der Waals surface area contributed by atoms with Crippen LogP contribution in [0.2, 0.25) is 0 Å². The molecule has 2 aliphatic carbocycles. The van der Waals surface area contributed by atoms with Gasteiger partial charge < -0.3 is 0 Å². The molecule has 0 saturated heterocycles. The van der Waals surface area contributed by atoms with E-state index < -0.39 is 0 Å². The second-order valence-electron chi connectivity index (χ2n) is 7.52. The van der Waals surface area contributed by atoms with Gasteiger partial charge in [-0.15, -0.1) is 0 Å². The van der Waals surface area contributed by atoms with Gasteiger partial charge in [0.2, 0.25) is 0 Å². The smallest absolute Gasteiger partial charge is 0.0155 e. The molecule has 1 fully saturated rings. The van der Waals surface area contributed by atoms with Crippen LogP contribution in [0.4, 0.5) is 0 Å². The molecule has 0 nitrogen and oxygen atoms in total. The van der Waals surface area contributed by atoms with Crippen molar-refractivity contribution in [2.45, 2.75) is 39.0 Å². The molecule has 0 spiro atoms. The zero-order valence-corrected chi connectivity index (χ0v) is 14.7. The lowest BCUT2D eigenvalue weighted by Gasteiger charge is -2.28. The van der Waals surface area contributed by atoms with E-state index in [4.69, 9.17) is 0 Å². The van der Waals surface area contributed by atoms with Crippen molar-refractivity contribution in [3.05, 3.63) is 94.6 Å². The molecule has 4 rings (SSSR count). The number of benzene rings is 2. The molecule has 2 aliphatic rings. The van der Waals surface area contributed by atoms with E-state index in [2.05, 4.69) is 80.6 Å². The molecule has 0 radical (unpaired) electrons. The molecule has 0 heterocycles. The molecule has 2 unspecified atom stereocenters. The number of aryl methyl sites for hydroxylation is 2. The van der Waals surface area contributed by atoms with Crippen molar-refractivity contribution >= 4 is 0 Å². The lowest BCUT2D eigenvalue weighted by Crippen LogP contribution is -2.16. The van der Waals surface area contributed by atoms with E-state index in [0.29, 0.717) is 11.8 Å². The van der Waals surface area contributed by atoms with Gasteiger partial charge in [0.1, 0.15) is 0 Å². The largest absolute Gasteiger partial charge is 0.0839 e. The number of allylic oxidation sites excluding steroid dienone is 4. The van der Waals surface area contributed by atoms with Crippen LogP contribution in [-0.4, -0.2) is 0 Å². The Bertz CT molecular complexity index is 748. The maximum atomic E-state index is 2.41. The second-order valence-corrected chi connectivity index (χ2v) is 7.52. The summed E-state index contributed by atoms with van der Waals surface area (Å²) in [5.41, 5.74) is 7.35. The van der Waals surface area contributed by atoms with Gasteiger partial charge in [-0.1, -0.05) is 83.5 Å². The summed E-state index contributed by atoms with van der Waals surface area (Å²) < 4.78 is 0. The van der Waals surface area contributed by atoms with Gasteiger partial charge in [-0.05, 0) is 56.1 Å². The molecule has 0 aromatic heterocycles. The topological polar surface area (TPSA) is 0 Å². The molecule has 0 heteroatoms. The van der Waals surface area contributed by atoms with Gasteiger partial charge in [0.05, 0.1) is 0 Å². The predicted octanol–water partition coefficient (Wildman–Crippen LogP) is 6.35. The van der Waals surface area contributed by atoms with Crippen LogP contribution < -0.4 is 0 Å². The SMILES string of the molecule is Cc1cccc(C(c2cccc(C)c2)C2CCC3CC=CC=C32)c1. The monoisotopic (exact) mass is 314 g/mol. The van der Waals surface area contributed by atoms with Crippen molar-refractivity contribution < 1.29 is 0 Å². The van der Waals surface area contributed by atoms with Crippen LogP contribution in [0, 0.1) is 25.7 Å². The van der Waals surface area contributed by atoms with E-state index >= 15 is 0 Å². The first-order valence-corrected chi connectivity index (χ1v) is 9.22. The number of hydrogen-bond acceptors (Lipinski definition) is 0. The zero-order chi connectivity index (χ0) is 16.5. The van der Waals surface area contributed by atoms with Crippen LogP contribution >= 0.6 is 0 Å². The molecule has 0 aliphatic heterocycles. The van der Waals surface area contributed by atoms with E-state index in [1.165, 1.54) is 41.5 Å². The minimum atomic E-state index is 0.479. The fraction of sp³-hybridized carbons (Fsp3) is 0.333. The summed E-state index contributed by atoms with van der Waals surface area (Å²) in [4.78, 5) is 0. The minimum absolute atomic E-state index is 0.479. The maximum Gasteiger partial charge on any atom is 0.0155 e. The summed E-state index contributed by atoms with van der Waals surface area (Å²) >= 11 is 0. The van der Waals surface area contributed by atoms with Crippen LogP contribution in [-0.2, 0) is 0 Å². The molecule has 0 N–H and O–H groups in total. The van der Waals surface area contributed by atoms with E-state index in [1.807, 2.05) is 0 Å². The van der Waals surface area contributed by atoms with Gasteiger partial charge in [0, 0.05) is 5.92 Å². The molecule has 2 aromatic carbocycles. The highest BCUT2D eigenvalue weighted by Crippen LogP contribution is 2.49. The van der Waals surface area contributed by atoms with E-state index in [9.17, 15) is 0 Å². The Kier molecular flexibility index (Phi) is 4.14. The zero-order valence-electron chi connectivity index (χ0n) is 14.7. The summed E-state index contributed by atoms with van der Waals surface area (Å²) in [6.45, 7) is 4.41. The fourth-order valence-electron chi connectivity index (χ4n) is 4.70. The Morgan fingerprint density at radius 1 is 0.875 bits per heavy atom. The third-order valence-corrected chi connectivity index (χ3v) is 5.78. The quantitative estimate of drug-likeness (QED) is 0.619. The first kappa shape index (κ1) is 15.4. The van der Waals surface area contributed by atoms with Crippen LogP contribution in [0.25, 0.3) is 0 Å². The standard InChI is InChI=1S/C24H26/c1-17-7-5-10-20(15-17)24(21-11-6-8-18(2)16-21)23-14-13-19-9-3-4-12-22(19)23/h3-8,10-12,15-16,19,23-24H,9,13-14H2,1-2H3. The highest BCUT2D eigenvalue weighted by Gasteiger charge is 2.36. The average Bonchev–Trinajstić information content (AvgIpc) is 2.99. The Hall–Kier alpha value is -2.08. The number of fused-ring (bicyclic) bond motifs is 1. The summed E-state index contributed by atoms with van der Waals surface area (Å²) in [6, 6.07) is 18.3. The third kappa shape index (κ3) is 2.86. The first-order chi connectivity index (χ1) is 11.7. The van der Waals surface area contributed by atoms with Gasteiger partial charge in [0.15, 0.2) is 0 Å². The van der Waals surface area contributed by atoms with Gasteiger partial charge in [-0.25, -0.2) is 0 Å². The van der Waals surface area contributed by atoms with E-state index in [1.54, 1.807) is 5.57 Å². The summed E-state index contributed by atoms with van der Waals surface area (Å²) in [5, 5.41) is 0. The van der Waals surface area contributed by atoms with Gasteiger partial charge in [-0.3, -0.25) is 0 Å². The van der Waals surface area contributed by atoms with Crippen LogP contribution in [0.3, 0.4) is 0 Å². The van der Waals surface area contributed by atoms with Gasteiger partial charge >= 0.3 is 0 Å². The fourth-order valence-corrected chi connectivity index (χ4v) is 4.70.